The van der Waals surface area contributed by atoms with E-state index in [-0.39, 0.29) is 16.5 Å². The fourth-order valence-corrected chi connectivity index (χ4v) is 2.38. The second-order valence-electron chi connectivity index (χ2n) is 6.34. The molecular weight excluding hydrogens is 285 g/mol. The van der Waals surface area contributed by atoms with Crippen molar-refractivity contribution in [3.63, 3.8) is 0 Å². The molecule has 0 bridgehead atoms. The molecule has 0 aliphatic heterocycles. The van der Waals surface area contributed by atoms with E-state index in [0.29, 0.717) is 5.69 Å². The second kappa shape index (κ2) is 6.07. The molecule has 1 atom stereocenters. The maximum absolute atomic E-state index is 13.9. The number of halogens is 2. The highest BCUT2D eigenvalue weighted by Crippen LogP contribution is 2.28. The number of benzene rings is 2. The summed E-state index contributed by atoms with van der Waals surface area (Å²) in [7, 11) is 0. The van der Waals surface area contributed by atoms with Crippen LogP contribution in [0.15, 0.2) is 42.5 Å². The Morgan fingerprint density at radius 2 is 1.67 bits per heavy atom. The van der Waals surface area contributed by atoms with Gasteiger partial charge in [-0.15, -0.1) is 0 Å². The summed E-state index contributed by atoms with van der Waals surface area (Å²) in [5, 5.41) is 3.30. The van der Waals surface area contributed by atoms with Crippen LogP contribution in [0, 0.1) is 5.82 Å². The van der Waals surface area contributed by atoms with Crippen LogP contribution in [-0.2, 0) is 5.41 Å². The van der Waals surface area contributed by atoms with Gasteiger partial charge in [-0.3, -0.25) is 0 Å². The van der Waals surface area contributed by atoms with Crippen LogP contribution in [0.5, 0.6) is 0 Å². The lowest BCUT2D eigenvalue weighted by atomic mass is 9.86. The standard InChI is InChI=1S/C18H21ClFN/c1-12(21-16-7-5-6-15(19)17(16)20)13-8-10-14(11-9-13)18(2,3)4/h5-12,21H,1-4H3. The van der Waals surface area contributed by atoms with E-state index < -0.39 is 5.82 Å². The van der Waals surface area contributed by atoms with Crippen LogP contribution in [-0.4, -0.2) is 0 Å². The lowest BCUT2D eigenvalue weighted by Gasteiger charge is -2.21. The minimum atomic E-state index is -0.405. The van der Waals surface area contributed by atoms with Crippen molar-refractivity contribution < 1.29 is 4.39 Å². The summed E-state index contributed by atoms with van der Waals surface area (Å²) < 4.78 is 13.9. The van der Waals surface area contributed by atoms with Crippen molar-refractivity contribution in [1.29, 1.82) is 0 Å². The zero-order chi connectivity index (χ0) is 15.6. The first-order chi connectivity index (χ1) is 9.79. The molecule has 0 fully saturated rings. The van der Waals surface area contributed by atoms with Gasteiger partial charge in [0.1, 0.15) is 0 Å². The fourth-order valence-electron chi connectivity index (χ4n) is 2.20. The molecule has 3 heteroatoms. The normalized spacial score (nSPS) is 13.0. The molecule has 21 heavy (non-hydrogen) atoms. The second-order valence-corrected chi connectivity index (χ2v) is 6.75. The molecule has 0 saturated carbocycles. The monoisotopic (exact) mass is 305 g/mol. The van der Waals surface area contributed by atoms with Gasteiger partial charge in [-0.25, -0.2) is 4.39 Å². The van der Waals surface area contributed by atoms with Crippen LogP contribution < -0.4 is 5.32 Å². The minimum absolute atomic E-state index is 0.00647. The molecule has 0 radical (unpaired) electrons. The van der Waals surface area contributed by atoms with Gasteiger partial charge >= 0.3 is 0 Å². The molecule has 0 spiro atoms. The Kier molecular flexibility index (Phi) is 4.58. The summed E-state index contributed by atoms with van der Waals surface area (Å²) in [5.41, 5.74) is 2.96. The van der Waals surface area contributed by atoms with E-state index in [1.165, 1.54) is 5.56 Å². The number of nitrogens with one attached hydrogen (secondary N) is 1. The van der Waals surface area contributed by atoms with Crippen LogP contribution in [0.25, 0.3) is 0 Å². The predicted octanol–water partition coefficient (Wildman–Crippen LogP) is 5.95. The number of hydrogen-bond acceptors (Lipinski definition) is 1. The van der Waals surface area contributed by atoms with Gasteiger partial charge in [-0.2, -0.15) is 0 Å². The number of rotatable bonds is 3. The van der Waals surface area contributed by atoms with E-state index in [0.717, 1.165) is 5.56 Å². The van der Waals surface area contributed by atoms with Gasteiger partial charge in [0.2, 0.25) is 0 Å². The quantitative estimate of drug-likeness (QED) is 0.739. The first-order valence-corrected chi connectivity index (χ1v) is 7.48. The molecule has 2 aromatic carbocycles. The Morgan fingerprint density at radius 3 is 2.24 bits per heavy atom. The average Bonchev–Trinajstić information content (AvgIpc) is 2.43. The van der Waals surface area contributed by atoms with Gasteiger partial charge in [-0.1, -0.05) is 62.7 Å². The minimum Gasteiger partial charge on any atom is -0.376 e. The van der Waals surface area contributed by atoms with Crippen molar-refractivity contribution in [2.24, 2.45) is 0 Å². The molecule has 1 N–H and O–H groups in total. The molecule has 0 saturated heterocycles. The molecule has 0 amide bonds. The molecule has 2 rings (SSSR count). The first kappa shape index (κ1) is 15.8. The molecule has 0 aliphatic carbocycles. The molecule has 112 valence electrons. The van der Waals surface area contributed by atoms with Crippen molar-refractivity contribution in [1.82, 2.24) is 0 Å². The fraction of sp³-hybridized carbons (Fsp3) is 0.333. The molecule has 1 unspecified atom stereocenters. The van der Waals surface area contributed by atoms with Gasteiger partial charge in [0.15, 0.2) is 5.82 Å². The van der Waals surface area contributed by atoms with Crippen molar-refractivity contribution >= 4 is 17.3 Å². The van der Waals surface area contributed by atoms with Gasteiger partial charge in [-0.05, 0) is 35.6 Å². The highest BCUT2D eigenvalue weighted by atomic mass is 35.5. The van der Waals surface area contributed by atoms with Crippen molar-refractivity contribution in [3.8, 4) is 0 Å². The molecule has 0 heterocycles. The van der Waals surface area contributed by atoms with Crippen molar-refractivity contribution in [2.45, 2.75) is 39.2 Å². The van der Waals surface area contributed by atoms with Crippen LogP contribution in [0.4, 0.5) is 10.1 Å². The van der Waals surface area contributed by atoms with Gasteiger partial charge in [0.25, 0.3) is 0 Å². The zero-order valence-corrected chi connectivity index (χ0v) is 13.6. The molecule has 1 nitrogen and oxygen atoms in total. The Balaban J connectivity index is 2.17. The Bertz CT molecular complexity index is 614. The average molecular weight is 306 g/mol. The van der Waals surface area contributed by atoms with Gasteiger partial charge in [0.05, 0.1) is 10.7 Å². The third-order valence-electron chi connectivity index (χ3n) is 3.60. The molecule has 2 aromatic rings. The van der Waals surface area contributed by atoms with E-state index in [2.05, 4.69) is 50.4 Å². The van der Waals surface area contributed by atoms with Crippen LogP contribution >= 0.6 is 11.6 Å². The van der Waals surface area contributed by atoms with Crippen LogP contribution in [0.3, 0.4) is 0 Å². The SMILES string of the molecule is CC(Nc1cccc(Cl)c1F)c1ccc(C(C)(C)C)cc1. The third kappa shape index (κ3) is 3.76. The maximum Gasteiger partial charge on any atom is 0.164 e. The summed E-state index contributed by atoms with van der Waals surface area (Å²) in [6.07, 6.45) is 0. The molecule has 0 aliphatic rings. The van der Waals surface area contributed by atoms with E-state index in [1.54, 1.807) is 18.2 Å². The van der Waals surface area contributed by atoms with Gasteiger partial charge in [0, 0.05) is 6.04 Å². The van der Waals surface area contributed by atoms with E-state index in [9.17, 15) is 4.39 Å². The third-order valence-corrected chi connectivity index (χ3v) is 3.89. The van der Waals surface area contributed by atoms with E-state index in [4.69, 9.17) is 11.6 Å². The zero-order valence-electron chi connectivity index (χ0n) is 12.9. The highest BCUT2D eigenvalue weighted by Gasteiger charge is 2.15. The smallest absolute Gasteiger partial charge is 0.164 e. The van der Waals surface area contributed by atoms with Crippen LogP contribution in [0.1, 0.15) is 44.9 Å². The largest absolute Gasteiger partial charge is 0.376 e. The topological polar surface area (TPSA) is 12.0 Å². The van der Waals surface area contributed by atoms with Gasteiger partial charge < -0.3 is 5.32 Å². The van der Waals surface area contributed by atoms with Crippen molar-refractivity contribution in [2.75, 3.05) is 5.32 Å². The number of anilines is 1. The lowest BCUT2D eigenvalue weighted by molar-refractivity contribution is 0.589. The summed E-state index contributed by atoms with van der Waals surface area (Å²) >= 11 is 5.80. The lowest BCUT2D eigenvalue weighted by Crippen LogP contribution is -2.12. The summed E-state index contributed by atoms with van der Waals surface area (Å²) in [5.74, 6) is -0.405. The highest BCUT2D eigenvalue weighted by molar-refractivity contribution is 6.31. The Hall–Kier alpha value is -1.54. The Morgan fingerprint density at radius 1 is 1.05 bits per heavy atom. The first-order valence-electron chi connectivity index (χ1n) is 7.10. The van der Waals surface area contributed by atoms with Crippen LogP contribution in [0.2, 0.25) is 5.02 Å². The maximum atomic E-state index is 13.9. The summed E-state index contributed by atoms with van der Waals surface area (Å²) in [6.45, 7) is 8.56. The van der Waals surface area contributed by atoms with Crippen molar-refractivity contribution in [3.05, 3.63) is 64.4 Å². The molecular formula is C18H21ClFN. The number of hydrogen-bond donors (Lipinski definition) is 1. The van der Waals surface area contributed by atoms with E-state index >= 15 is 0 Å². The van der Waals surface area contributed by atoms with E-state index in [1.807, 2.05) is 6.92 Å². The summed E-state index contributed by atoms with van der Waals surface area (Å²) in [4.78, 5) is 0. The Labute approximate surface area is 131 Å². The molecule has 0 aromatic heterocycles. The summed E-state index contributed by atoms with van der Waals surface area (Å²) in [6, 6.07) is 13.4. The predicted molar refractivity (Wildman–Crippen MR) is 88.6 cm³/mol.